The Hall–Kier alpha value is -2.07. The van der Waals surface area contributed by atoms with Gasteiger partial charge in [0, 0.05) is 48.9 Å². The lowest BCUT2D eigenvalue weighted by atomic mass is 9.91. The molecule has 24 heavy (non-hydrogen) atoms. The summed E-state index contributed by atoms with van der Waals surface area (Å²) >= 11 is 5.96. The summed E-state index contributed by atoms with van der Waals surface area (Å²) in [5.41, 5.74) is 2.25. The van der Waals surface area contributed by atoms with Gasteiger partial charge in [-0.05, 0) is 42.7 Å². The van der Waals surface area contributed by atoms with Crippen LogP contribution in [0.1, 0.15) is 30.0 Å². The number of nitrogens with one attached hydrogen (secondary N) is 1. The van der Waals surface area contributed by atoms with Crippen molar-refractivity contribution in [2.45, 2.75) is 25.2 Å². The van der Waals surface area contributed by atoms with Gasteiger partial charge in [-0.15, -0.1) is 0 Å². The first-order chi connectivity index (χ1) is 11.7. The van der Waals surface area contributed by atoms with Crippen molar-refractivity contribution in [3.8, 4) is 0 Å². The van der Waals surface area contributed by atoms with Gasteiger partial charge >= 0.3 is 6.03 Å². The normalized spacial score (nSPS) is 17.5. The minimum atomic E-state index is 0.0181. The Balaban J connectivity index is 1.50. The van der Waals surface area contributed by atoms with Gasteiger partial charge in [-0.25, -0.2) is 4.79 Å². The summed E-state index contributed by atoms with van der Waals surface area (Å²) in [7, 11) is 0. The number of carbonyl (C=O) groups is 1. The number of aromatic nitrogens is 1. The fourth-order valence-corrected chi connectivity index (χ4v) is 3.25. The number of halogens is 1. The first kappa shape index (κ1) is 16.8. The minimum Gasteiger partial charge on any atom is -0.338 e. The van der Waals surface area contributed by atoms with Crippen LogP contribution in [0.3, 0.4) is 0 Å². The summed E-state index contributed by atoms with van der Waals surface area (Å²) in [6, 6.07) is 13.8. The molecule has 1 aliphatic rings. The number of carbonyl (C=O) groups excluding carboxylic acids is 1. The molecule has 0 bridgehead atoms. The summed E-state index contributed by atoms with van der Waals surface area (Å²) in [5, 5.41) is 3.76. The van der Waals surface area contributed by atoms with Crippen LogP contribution in [0.2, 0.25) is 5.02 Å². The maximum atomic E-state index is 12.4. The molecule has 0 aliphatic carbocycles. The van der Waals surface area contributed by atoms with E-state index in [0.717, 1.165) is 43.1 Å². The molecule has 5 heteroatoms. The summed E-state index contributed by atoms with van der Waals surface area (Å²) in [6.45, 7) is 2.19. The van der Waals surface area contributed by atoms with Crippen LogP contribution in [0.5, 0.6) is 0 Å². The largest absolute Gasteiger partial charge is 0.338 e. The van der Waals surface area contributed by atoms with Crippen molar-refractivity contribution in [2.24, 2.45) is 0 Å². The van der Waals surface area contributed by atoms with Gasteiger partial charge in [-0.2, -0.15) is 0 Å². The van der Waals surface area contributed by atoms with Crippen molar-refractivity contribution < 1.29 is 4.79 Å². The molecule has 1 aromatic heterocycles. The zero-order valence-corrected chi connectivity index (χ0v) is 14.4. The number of hydrogen-bond acceptors (Lipinski definition) is 2. The van der Waals surface area contributed by atoms with E-state index in [2.05, 4.69) is 22.4 Å². The number of urea groups is 1. The third kappa shape index (κ3) is 4.48. The zero-order chi connectivity index (χ0) is 16.8. The molecule has 3 rings (SSSR count). The third-order valence-electron chi connectivity index (χ3n) is 4.43. The summed E-state index contributed by atoms with van der Waals surface area (Å²) in [4.78, 5) is 18.6. The molecule has 0 spiro atoms. The molecule has 1 N–H and O–H groups in total. The Kier molecular flexibility index (Phi) is 5.70. The number of pyridine rings is 1. The van der Waals surface area contributed by atoms with Crippen molar-refractivity contribution in [3.63, 3.8) is 0 Å². The molecule has 1 unspecified atom stereocenters. The summed E-state index contributed by atoms with van der Waals surface area (Å²) in [6.07, 6.45) is 4.67. The number of hydrogen-bond donors (Lipinski definition) is 1. The third-order valence-corrected chi connectivity index (χ3v) is 4.69. The van der Waals surface area contributed by atoms with Crippen LogP contribution < -0.4 is 5.32 Å². The van der Waals surface area contributed by atoms with Crippen LogP contribution in [-0.4, -0.2) is 35.5 Å². The van der Waals surface area contributed by atoms with Crippen molar-refractivity contribution in [1.29, 1.82) is 0 Å². The maximum Gasteiger partial charge on any atom is 0.317 e. The molecule has 1 atom stereocenters. The van der Waals surface area contributed by atoms with E-state index in [1.807, 2.05) is 35.2 Å². The lowest BCUT2D eigenvalue weighted by molar-refractivity contribution is 0.180. The van der Waals surface area contributed by atoms with Gasteiger partial charge in [0.15, 0.2) is 0 Å². The van der Waals surface area contributed by atoms with E-state index >= 15 is 0 Å². The van der Waals surface area contributed by atoms with Crippen LogP contribution >= 0.6 is 11.6 Å². The highest BCUT2D eigenvalue weighted by Crippen LogP contribution is 2.27. The van der Waals surface area contributed by atoms with Crippen LogP contribution in [0.25, 0.3) is 0 Å². The maximum absolute atomic E-state index is 12.4. The molecule has 1 aromatic carbocycles. The van der Waals surface area contributed by atoms with Crippen molar-refractivity contribution in [1.82, 2.24) is 15.2 Å². The van der Waals surface area contributed by atoms with Crippen molar-refractivity contribution >= 4 is 17.6 Å². The summed E-state index contributed by atoms with van der Waals surface area (Å²) < 4.78 is 0. The second kappa shape index (κ2) is 8.15. The monoisotopic (exact) mass is 343 g/mol. The molecule has 1 fully saturated rings. The Labute approximate surface area is 147 Å². The molecular formula is C19H22ClN3O. The van der Waals surface area contributed by atoms with E-state index < -0.39 is 0 Å². The molecule has 2 amide bonds. The predicted molar refractivity (Wildman–Crippen MR) is 96.3 cm³/mol. The second-order valence-corrected chi connectivity index (χ2v) is 6.58. The number of amides is 2. The average molecular weight is 344 g/mol. The van der Waals surface area contributed by atoms with Gasteiger partial charge in [0.1, 0.15) is 0 Å². The highest BCUT2D eigenvalue weighted by Gasteiger charge is 2.24. The van der Waals surface area contributed by atoms with Gasteiger partial charge in [-0.3, -0.25) is 4.98 Å². The van der Waals surface area contributed by atoms with Gasteiger partial charge in [-0.1, -0.05) is 29.8 Å². The SMILES string of the molecule is O=C(NCCc1ccccn1)N1CCCC(c2ccc(Cl)cc2)C1. The molecular weight excluding hydrogens is 322 g/mol. The van der Waals surface area contributed by atoms with E-state index in [0.29, 0.717) is 12.5 Å². The van der Waals surface area contributed by atoms with Gasteiger partial charge < -0.3 is 10.2 Å². The van der Waals surface area contributed by atoms with E-state index in [4.69, 9.17) is 11.6 Å². The van der Waals surface area contributed by atoms with Crippen LogP contribution in [0.15, 0.2) is 48.7 Å². The molecule has 1 saturated heterocycles. The zero-order valence-electron chi connectivity index (χ0n) is 13.6. The smallest absolute Gasteiger partial charge is 0.317 e. The summed E-state index contributed by atoms with van der Waals surface area (Å²) in [5.74, 6) is 0.387. The van der Waals surface area contributed by atoms with Gasteiger partial charge in [0.2, 0.25) is 0 Å². The first-order valence-corrected chi connectivity index (χ1v) is 8.78. The molecule has 4 nitrogen and oxygen atoms in total. The number of likely N-dealkylation sites (tertiary alicyclic amines) is 1. The minimum absolute atomic E-state index is 0.0181. The Morgan fingerprint density at radius 2 is 2.08 bits per heavy atom. The van der Waals surface area contributed by atoms with Crippen LogP contribution in [0.4, 0.5) is 4.79 Å². The van der Waals surface area contributed by atoms with Crippen LogP contribution in [-0.2, 0) is 6.42 Å². The van der Waals surface area contributed by atoms with E-state index in [1.54, 1.807) is 6.20 Å². The van der Waals surface area contributed by atoms with Gasteiger partial charge in [0.05, 0.1) is 0 Å². The molecule has 2 aromatic rings. The lowest BCUT2D eigenvalue weighted by Gasteiger charge is -2.33. The number of rotatable bonds is 4. The first-order valence-electron chi connectivity index (χ1n) is 8.40. The fourth-order valence-electron chi connectivity index (χ4n) is 3.12. The second-order valence-electron chi connectivity index (χ2n) is 6.14. The fraction of sp³-hybridized carbons (Fsp3) is 0.368. The van der Waals surface area contributed by atoms with Crippen LogP contribution in [0, 0.1) is 0 Å². The van der Waals surface area contributed by atoms with E-state index in [1.165, 1.54) is 5.56 Å². The standard InChI is InChI=1S/C19H22ClN3O/c20-17-8-6-15(7-9-17)16-4-3-13-23(14-16)19(24)22-12-10-18-5-1-2-11-21-18/h1-2,5-9,11,16H,3-4,10,12-14H2,(H,22,24). The number of nitrogens with zero attached hydrogens (tertiary/aromatic N) is 2. The number of piperidine rings is 1. The van der Waals surface area contributed by atoms with Crippen molar-refractivity contribution in [3.05, 3.63) is 64.9 Å². The highest BCUT2D eigenvalue weighted by molar-refractivity contribution is 6.30. The van der Waals surface area contributed by atoms with Gasteiger partial charge in [0.25, 0.3) is 0 Å². The van der Waals surface area contributed by atoms with E-state index in [-0.39, 0.29) is 6.03 Å². The molecule has 1 aliphatic heterocycles. The Morgan fingerprint density at radius 3 is 2.83 bits per heavy atom. The molecule has 0 radical (unpaired) electrons. The highest BCUT2D eigenvalue weighted by atomic mass is 35.5. The average Bonchev–Trinajstić information content (AvgIpc) is 2.63. The molecule has 0 saturated carbocycles. The predicted octanol–water partition coefficient (Wildman–Crippen LogP) is 3.87. The van der Waals surface area contributed by atoms with Crippen molar-refractivity contribution in [2.75, 3.05) is 19.6 Å². The Bertz CT molecular complexity index is 660. The molecule has 2 heterocycles. The number of benzene rings is 1. The quantitative estimate of drug-likeness (QED) is 0.916. The van der Waals surface area contributed by atoms with E-state index in [9.17, 15) is 4.79 Å². The molecule has 126 valence electrons. The topological polar surface area (TPSA) is 45.2 Å². The Morgan fingerprint density at radius 1 is 1.25 bits per heavy atom. The lowest BCUT2D eigenvalue weighted by Crippen LogP contribution is -2.45.